The number of amides is 3. The van der Waals surface area contributed by atoms with Crippen molar-refractivity contribution in [1.29, 1.82) is 0 Å². The maximum atomic E-state index is 12.4. The first-order chi connectivity index (χ1) is 13.1. The van der Waals surface area contributed by atoms with E-state index in [0.717, 1.165) is 24.6 Å². The van der Waals surface area contributed by atoms with Gasteiger partial charge in [0, 0.05) is 11.6 Å². The first-order valence-electron chi connectivity index (χ1n) is 8.91. The lowest BCUT2D eigenvalue weighted by atomic mass is 10.0. The number of pyridine rings is 1. The zero-order chi connectivity index (χ0) is 19.6. The maximum absolute atomic E-state index is 12.4. The second kappa shape index (κ2) is 10.2. The summed E-state index contributed by atoms with van der Waals surface area (Å²) in [4.78, 5) is 39.7. The Morgan fingerprint density at radius 3 is 2.74 bits per heavy atom. The van der Waals surface area contributed by atoms with Crippen LogP contribution in [0.5, 0.6) is 0 Å². The number of carbonyl (C=O) groups is 3. The Balaban J connectivity index is 2.02. The highest BCUT2D eigenvalue weighted by Gasteiger charge is 2.21. The normalized spacial score (nSPS) is 11.6. The molecule has 1 aromatic carbocycles. The van der Waals surface area contributed by atoms with Crippen LogP contribution in [0.2, 0.25) is 0 Å². The highest BCUT2D eigenvalue weighted by molar-refractivity contribution is 6.05. The van der Waals surface area contributed by atoms with Gasteiger partial charge in [0.05, 0.1) is 23.5 Å². The number of benzene rings is 1. The fourth-order valence-electron chi connectivity index (χ4n) is 2.79. The molecule has 0 bridgehead atoms. The number of rotatable bonds is 9. The second-order valence-corrected chi connectivity index (χ2v) is 6.24. The average Bonchev–Trinajstić information content (AvgIpc) is 2.70. The van der Waals surface area contributed by atoms with Gasteiger partial charge in [0.1, 0.15) is 0 Å². The largest absolute Gasteiger partial charge is 0.286 e. The molecule has 0 unspecified atom stereocenters. The smallest absolute Gasteiger partial charge is 0.271 e. The minimum Gasteiger partial charge on any atom is -0.286 e. The van der Waals surface area contributed by atoms with E-state index in [4.69, 9.17) is 0 Å². The lowest BCUT2D eigenvalue weighted by Gasteiger charge is -2.19. The lowest BCUT2D eigenvalue weighted by molar-refractivity contribution is -0.154. The molecule has 0 spiro atoms. The van der Waals surface area contributed by atoms with E-state index in [1.54, 1.807) is 24.4 Å². The fourth-order valence-corrected chi connectivity index (χ4v) is 2.79. The van der Waals surface area contributed by atoms with Crippen molar-refractivity contribution >= 4 is 29.1 Å². The Morgan fingerprint density at radius 2 is 2.00 bits per heavy atom. The van der Waals surface area contributed by atoms with Gasteiger partial charge >= 0.3 is 0 Å². The number of para-hydroxylation sites is 1. The highest BCUT2D eigenvalue weighted by atomic mass is 16.5. The summed E-state index contributed by atoms with van der Waals surface area (Å²) in [6, 6.07) is 8.83. The van der Waals surface area contributed by atoms with Gasteiger partial charge in [-0.3, -0.25) is 35.4 Å². The lowest BCUT2D eigenvalue weighted by Crippen LogP contribution is -2.46. The average molecular weight is 372 g/mol. The number of unbranched alkanes of at least 4 members (excludes halogenated alkanes) is 2. The predicted molar refractivity (Wildman–Crippen MR) is 99.5 cm³/mol. The molecular formula is C19H24N4O4. The van der Waals surface area contributed by atoms with Crippen LogP contribution in [0.15, 0.2) is 36.5 Å². The van der Waals surface area contributed by atoms with Crippen LogP contribution < -0.4 is 10.9 Å². The van der Waals surface area contributed by atoms with E-state index in [-0.39, 0.29) is 13.0 Å². The molecule has 27 heavy (non-hydrogen) atoms. The second-order valence-electron chi connectivity index (χ2n) is 6.24. The number of hydrazine groups is 1. The van der Waals surface area contributed by atoms with Crippen molar-refractivity contribution in [3.05, 3.63) is 42.1 Å². The number of nitrogens with one attached hydrogen (secondary N) is 2. The van der Waals surface area contributed by atoms with Crippen molar-refractivity contribution in [2.45, 2.75) is 32.6 Å². The molecule has 1 aromatic heterocycles. The van der Waals surface area contributed by atoms with Crippen LogP contribution in [-0.2, 0) is 9.59 Å². The van der Waals surface area contributed by atoms with Crippen molar-refractivity contribution in [1.82, 2.24) is 20.9 Å². The molecule has 3 N–H and O–H groups in total. The van der Waals surface area contributed by atoms with Gasteiger partial charge in [0.25, 0.3) is 5.91 Å². The van der Waals surface area contributed by atoms with Crippen LogP contribution in [0.4, 0.5) is 0 Å². The molecule has 144 valence electrons. The van der Waals surface area contributed by atoms with Crippen molar-refractivity contribution < 1.29 is 19.6 Å². The molecule has 2 rings (SSSR count). The highest BCUT2D eigenvalue weighted by Crippen LogP contribution is 2.16. The molecule has 0 fully saturated rings. The molecule has 1 heterocycles. The van der Waals surface area contributed by atoms with Gasteiger partial charge in [-0.25, -0.2) is 5.06 Å². The molecule has 3 amide bonds. The zero-order valence-corrected chi connectivity index (χ0v) is 15.2. The molecule has 0 aliphatic carbocycles. The van der Waals surface area contributed by atoms with Crippen LogP contribution in [-0.4, -0.2) is 40.0 Å². The van der Waals surface area contributed by atoms with Crippen molar-refractivity contribution in [3.63, 3.8) is 0 Å². The van der Waals surface area contributed by atoms with Gasteiger partial charge in [0.2, 0.25) is 12.3 Å². The predicted octanol–water partition coefficient (Wildman–Crippen LogP) is 2.04. The van der Waals surface area contributed by atoms with E-state index in [0.29, 0.717) is 22.6 Å². The van der Waals surface area contributed by atoms with Crippen molar-refractivity contribution in [3.8, 4) is 0 Å². The van der Waals surface area contributed by atoms with E-state index >= 15 is 0 Å². The third-order valence-corrected chi connectivity index (χ3v) is 4.23. The summed E-state index contributed by atoms with van der Waals surface area (Å²) >= 11 is 0. The Hall–Kier alpha value is -3.00. The van der Waals surface area contributed by atoms with Crippen LogP contribution in [0.3, 0.4) is 0 Å². The third kappa shape index (κ3) is 5.75. The number of fused-ring (bicyclic) bond motifs is 1. The Kier molecular flexibility index (Phi) is 7.69. The van der Waals surface area contributed by atoms with Gasteiger partial charge in [-0.15, -0.1) is 0 Å². The fraction of sp³-hybridized carbons (Fsp3) is 0.368. The topological polar surface area (TPSA) is 112 Å². The van der Waals surface area contributed by atoms with Crippen molar-refractivity contribution in [2.24, 2.45) is 5.92 Å². The standard InChI is InChI=1S/C19H24N4O4/c1-2-3-4-7-15(12-23(27)13-24)18(25)21-22-19(26)16-10-5-8-14-9-6-11-20-17(14)16/h5-6,8-11,13,15,27H,2-4,7,12H2,1H3,(H,21,25)(H,22,26)/t15-/m1/s1. The summed E-state index contributed by atoms with van der Waals surface area (Å²) in [6.45, 7) is 1.90. The molecule has 2 aromatic rings. The number of aromatic nitrogens is 1. The molecule has 8 nitrogen and oxygen atoms in total. The molecule has 0 saturated heterocycles. The SMILES string of the molecule is CCCCC[C@H](CN(O)C=O)C(=O)NNC(=O)c1cccc2cccnc12. The van der Waals surface area contributed by atoms with Crippen LogP contribution >= 0.6 is 0 Å². The number of carbonyl (C=O) groups excluding carboxylic acids is 3. The van der Waals surface area contributed by atoms with E-state index in [1.165, 1.54) is 0 Å². The van der Waals surface area contributed by atoms with Crippen LogP contribution in [0, 0.1) is 5.92 Å². The summed E-state index contributed by atoms with van der Waals surface area (Å²) in [5.41, 5.74) is 5.64. The van der Waals surface area contributed by atoms with Crippen LogP contribution in [0.25, 0.3) is 10.9 Å². The van der Waals surface area contributed by atoms with E-state index in [1.807, 2.05) is 19.1 Å². The van der Waals surface area contributed by atoms with Gasteiger partial charge < -0.3 is 0 Å². The molecule has 0 aliphatic rings. The summed E-state index contributed by atoms with van der Waals surface area (Å²) < 4.78 is 0. The molecular weight excluding hydrogens is 348 g/mol. The van der Waals surface area contributed by atoms with Crippen molar-refractivity contribution in [2.75, 3.05) is 6.54 Å². The monoisotopic (exact) mass is 372 g/mol. The first kappa shape index (κ1) is 20.3. The quantitative estimate of drug-likeness (QED) is 0.270. The maximum Gasteiger partial charge on any atom is 0.271 e. The number of hydrogen-bond acceptors (Lipinski definition) is 5. The molecule has 0 radical (unpaired) electrons. The molecule has 0 aliphatic heterocycles. The van der Waals surface area contributed by atoms with E-state index in [2.05, 4.69) is 15.8 Å². The third-order valence-electron chi connectivity index (χ3n) is 4.23. The van der Waals surface area contributed by atoms with E-state index in [9.17, 15) is 19.6 Å². The van der Waals surface area contributed by atoms with Gasteiger partial charge in [-0.05, 0) is 18.6 Å². The summed E-state index contributed by atoms with van der Waals surface area (Å²) in [6.07, 6.45) is 5.04. The molecule has 0 saturated carbocycles. The Labute approximate surface area is 157 Å². The van der Waals surface area contributed by atoms with E-state index < -0.39 is 17.7 Å². The number of hydroxylamine groups is 2. The Bertz CT molecular complexity index is 791. The minimum atomic E-state index is -0.627. The summed E-state index contributed by atoms with van der Waals surface area (Å²) in [5.74, 6) is -1.58. The van der Waals surface area contributed by atoms with Gasteiger partial charge in [-0.1, -0.05) is 44.4 Å². The van der Waals surface area contributed by atoms with Gasteiger partial charge in [-0.2, -0.15) is 0 Å². The number of hydrogen-bond donors (Lipinski definition) is 3. The molecule has 8 heteroatoms. The van der Waals surface area contributed by atoms with Crippen LogP contribution in [0.1, 0.15) is 43.0 Å². The zero-order valence-electron chi connectivity index (χ0n) is 15.2. The first-order valence-corrected chi connectivity index (χ1v) is 8.91. The number of nitrogens with zero attached hydrogens (tertiary/aromatic N) is 2. The minimum absolute atomic E-state index is 0.134. The summed E-state index contributed by atoms with van der Waals surface area (Å²) in [5, 5.41) is 10.6. The van der Waals surface area contributed by atoms with Gasteiger partial charge in [0.15, 0.2) is 0 Å². The Morgan fingerprint density at radius 1 is 1.22 bits per heavy atom. The summed E-state index contributed by atoms with van der Waals surface area (Å²) in [7, 11) is 0. The molecule has 1 atom stereocenters.